The molecule has 0 saturated heterocycles. The molecule has 0 aromatic heterocycles. The van der Waals surface area contributed by atoms with Crippen LogP contribution < -0.4 is 15.5 Å². The fourth-order valence-electron chi connectivity index (χ4n) is 3.32. The van der Waals surface area contributed by atoms with Gasteiger partial charge >= 0.3 is 6.03 Å². The summed E-state index contributed by atoms with van der Waals surface area (Å²) < 4.78 is 0. The first kappa shape index (κ1) is 18.4. The highest BCUT2D eigenvalue weighted by Crippen LogP contribution is 2.24. The quantitative estimate of drug-likeness (QED) is 0.766. The molecule has 1 aromatic carbocycles. The average molecular weight is 329 g/mol. The van der Waals surface area contributed by atoms with E-state index in [1.54, 1.807) is 6.20 Å². The molecule has 0 aliphatic heterocycles. The summed E-state index contributed by atoms with van der Waals surface area (Å²) in [5.41, 5.74) is 3.13. The minimum Gasteiger partial charge on any atom is -0.372 e. The maximum atomic E-state index is 12.1. The van der Waals surface area contributed by atoms with E-state index in [0.717, 1.165) is 24.3 Å². The van der Waals surface area contributed by atoms with Crippen molar-refractivity contribution in [3.63, 3.8) is 0 Å². The van der Waals surface area contributed by atoms with Gasteiger partial charge in [-0.2, -0.15) is 0 Å². The summed E-state index contributed by atoms with van der Waals surface area (Å²) in [6.07, 6.45) is 10.4. The summed E-state index contributed by atoms with van der Waals surface area (Å²) in [6.45, 7) is 8.29. The Hall–Kier alpha value is -1.97. The summed E-state index contributed by atoms with van der Waals surface area (Å²) in [5.74, 6) is 0.620. The monoisotopic (exact) mass is 329 g/mol. The van der Waals surface area contributed by atoms with Crippen LogP contribution in [0, 0.1) is 12.8 Å². The van der Waals surface area contributed by atoms with Gasteiger partial charge in [-0.3, -0.25) is 0 Å². The second kappa shape index (κ2) is 9.36. The van der Waals surface area contributed by atoms with Crippen LogP contribution in [0.25, 0.3) is 0 Å². The third-order valence-corrected chi connectivity index (χ3v) is 4.82. The van der Waals surface area contributed by atoms with Crippen molar-refractivity contribution in [2.24, 2.45) is 5.92 Å². The number of aryl methyl sites for hydroxylation is 1. The van der Waals surface area contributed by atoms with Crippen molar-refractivity contribution in [3.8, 4) is 0 Å². The minimum atomic E-state index is -0.180. The topological polar surface area (TPSA) is 44.4 Å². The van der Waals surface area contributed by atoms with Crippen LogP contribution in [0.4, 0.5) is 16.2 Å². The highest BCUT2D eigenvalue weighted by molar-refractivity contribution is 5.91. The number of urea groups is 1. The van der Waals surface area contributed by atoms with Gasteiger partial charge in [0.05, 0.1) is 0 Å². The fourth-order valence-corrected chi connectivity index (χ4v) is 3.32. The van der Waals surface area contributed by atoms with E-state index in [2.05, 4.69) is 47.6 Å². The Kier molecular flexibility index (Phi) is 7.16. The number of anilines is 2. The molecule has 2 amide bonds. The van der Waals surface area contributed by atoms with Crippen LogP contribution in [0.1, 0.15) is 51.5 Å². The number of amides is 2. The smallest absolute Gasteiger partial charge is 0.323 e. The average Bonchev–Trinajstić information content (AvgIpc) is 2.59. The Morgan fingerprint density at radius 2 is 1.92 bits per heavy atom. The standard InChI is InChI=1S/C20H31N3O/c1-4-23(5-2)18-11-12-19(16(3)15-18)22-20(24)21-14-13-17-9-7-6-8-10-17/h11-15,17H,4-10H2,1-3H3,(H2,21,22,24)/b14-13+. The van der Waals surface area contributed by atoms with E-state index in [1.165, 1.54) is 37.8 Å². The Labute approximate surface area is 146 Å². The first-order chi connectivity index (χ1) is 11.6. The number of rotatable bonds is 6. The molecule has 1 fully saturated rings. The minimum absolute atomic E-state index is 0.180. The van der Waals surface area contributed by atoms with Crippen LogP contribution in [0.2, 0.25) is 0 Å². The summed E-state index contributed by atoms with van der Waals surface area (Å²) in [4.78, 5) is 14.3. The third kappa shape index (κ3) is 5.29. The lowest BCUT2D eigenvalue weighted by molar-refractivity contribution is 0.255. The molecule has 1 aliphatic rings. The number of carbonyl (C=O) groups is 1. The van der Waals surface area contributed by atoms with Gasteiger partial charge in [-0.25, -0.2) is 4.79 Å². The molecule has 0 spiro atoms. The number of nitrogens with one attached hydrogen (secondary N) is 2. The zero-order valence-corrected chi connectivity index (χ0v) is 15.3. The maximum Gasteiger partial charge on any atom is 0.323 e. The van der Waals surface area contributed by atoms with E-state index in [1.807, 2.05) is 13.0 Å². The number of nitrogens with zero attached hydrogens (tertiary/aromatic N) is 1. The molecule has 0 unspecified atom stereocenters. The number of allylic oxidation sites excluding steroid dienone is 1. The molecule has 2 N–H and O–H groups in total. The van der Waals surface area contributed by atoms with E-state index in [0.29, 0.717) is 5.92 Å². The van der Waals surface area contributed by atoms with Gasteiger partial charge in [0.2, 0.25) is 0 Å². The van der Waals surface area contributed by atoms with Crippen LogP contribution in [-0.2, 0) is 0 Å². The van der Waals surface area contributed by atoms with Crippen molar-refractivity contribution in [3.05, 3.63) is 36.0 Å². The molecule has 1 aliphatic carbocycles. The van der Waals surface area contributed by atoms with Crippen molar-refractivity contribution >= 4 is 17.4 Å². The Morgan fingerprint density at radius 3 is 2.54 bits per heavy atom. The molecular weight excluding hydrogens is 298 g/mol. The van der Waals surface area contributed by atoms with Crippen molar-refractivity contribution in [2.75, 3.05) is 23.3 Å². The number of hydrogen-bond donors (Lipinski definition) is 2. The van der Waals surface area contributed by atoms with Gasteiger partial charge in [0.25, 0.3) is 0 Å². The first-order valence-corrected chi connectivity index (χ1v) is 9.23. The second-order valence-corrected chi connectivity index (χ2v) is 6.53. The number of hydrogen-bond acceptors (Lipinski definition) is 2. The zero-order valence-electron chi connectivity index (χ0n) is 15.3. The second-order valence-electron chi connectivity index (χ2n) is 6.53. The lowest BCUT2D eigenvalue weighted by Crippen LogP contribution is -2.25. The van der Waals surface area contributed by atoms with Gasteiger partial charge in [0.15, 0.2) is 0 Å². The van der Waals surface area contributed by atoms with Crippen molar-refractivity contribution < 1.29 is 4.79 Å². The zero-order chi connectivity index (χ0) is 17.4. The van der Waals surface area contributed by atoms with Crippen LogP contribution >= 0.6 is 0 Å². The predicted octanol–water partition coefficient (Wildman–Crippen LogP) is 5.06. The van der Waals surface area contributed by atoms with Gasteiger partial charge in [-0.15, -0.1) is 0 Å². The van der Waals surface area contributed by atoms with E-state index in [9.17, 15) is 4.79 Å². The highest BCUT2D eigenvalue weighted by Gasteiger charge is 2.10. The first-order valence-electron chi connectivity index (χ1n) is 9.23. The van der Waals surface area contributed by atoms with Gasteiger partial charge in [-0.1, -0.05) is 25.3 Å². The summed E-state index contributed by atoms with van der Waals surface area (Å²) in [7, 11) is 0. The van der Waals surface area contributed by atoms with Crippen LogP contribution in [0.15, 0.2) is 30.5 Å². The molecule has 4 heteroatoms. The molecule has 0 atom stereocenters. The molecule has 24 heavy (non-hydrogen) atoms. The largest absolute Gasteiger partial charge is 0.372 e. The lowest BCUT2D eigenvalue weighted by atomic mass is 9.89. The van der Waals surface area contributed by atoms with Crippen molar-refractivity contribution in [1.29, 1.82) is 0 Å². The van der Waals surface area contributed by atoms with E-state index < -0.39 is 0 Å². The van der Waals surface area contributed by atoms with Crippen LogP contribution in [0.5, 0.6) is 0 Å². The molecule has 1 saturated carbocycles. The van der Waals surface area contributed by atoms with Gasteiger partial charge in [0.1, 0.15) is 0 Å². The Bertz CT molecular complexity index is 558. The van der Waals surface area contributed by atoms with E-state index >= 15 is 0 Å². The van der Waals surface area contributed by atoms with E-state index in [4.69, 9.17) is 0 Å². The molecule has 0 heterocycles. The molecule has 0 radical (unpaired) electrons. The van der Waals surface area contributed by atoms with Crippen molar-refractivity contribution in [2.45, 2.75) is 52.9 Å². The summed E-state index contributed by atoms with van der Waals surface area (Å²) >= 11 is 0. The Balaban J connectivity index is 1.88. The molecule has 4 nitrogen and oxygen atoms in total. The van der Waals surface area contributed by atoms with Gasteiger partial charge in [-0.05, 0) is 63.3 Å². The third-order valence-electron chi connectivity index (χ3n) is 4.82. The summed E-state index contributed by atoms with van der Waals surface area (Å²) in [6, 6.07) is 5.99. The maximum absolute atomic E-state index is 12.1. The number of benzene rings is 1. The molecule has 132 valence electrons. The van der Waals surface area contributed by atoms with Gasteiger partial charge in [0, 0.05) is 30.7 Å². The normalized spacial score (nSPS) is 15.5. The predicted molar refractivity (Wildman–Crippen MR) is 103 cm³/mol. The van der Waals surface area contributed by atoms with Crippen LogP contribution in [0.3, 0.4) is 0 Å². The molecular formula is C20H31N3O. The SMILES string of the molecule is CCN(CC)c1ccc(NC(=O)N/C=C/C2CCCCC2)c(C)c1. The summed E-state index contributed by atoms with van der Waals surface area (Å²) in [5, 5.41) is 5.75. The fraction of sp³-hybridized carbons (Fsp3) is 0.550. The van der Waals surface area contributed by atoms with Crippen LogP contribution in [-0.4, -0.2) is 19.1 Å². The number of carbonyl (C=O) groups excluding carboxylic acids is 1. The highest BCUT2D eigenvalue weighted by atomic mass is 16.2. The lowest BCUT2D eigenvalue weighted by Gasteiger charge is -2.22. The Morgan fingerprint density at radius 1 is 1.21 bits per heavy atom. The van der Waals surface area contributed by atoms with Crippen molar-refractivity contribution in [1.82, 2.24) is 5.32 Å². The van der Waals surface area contributed by atoms with Gasteiger partial charge < -0.3 is 15.5 Å². The molecule has 2 rings (SSSR count). The molecule has 0 bridgehead atoms. The molecule has 1 aromatic rings. The van der Waals surface area contributed by atoms with E-state index in [-0.39, 0.29) is 6.03 Å².